The smallest absolute Gasteiger partial charge is 0.342 e. The Morgan fingerprint density at radius 1 is 0.479 bits per heavy atom. The molecule has 3 aromatic rings. The molecule has 2 unspecified atom stereocenters. The van der Waals surface area contributed by atoms with Crippen molar-refractivity contribution >= 4 is 11.9 Å². The highest BCUT2D eigenvalue weighted by Crippen LogP contribution is 2.25. The Kier molecular flexibility index (Phi) is 18.3. The van der Waals surface area contributed by atoms with Gasteiger partial charge in [-0.2, -0.15) is 0 Å². The summed E-state index contributed by atoms with van der Waals surface area (Å²) in [4.78, 5) is 26.5. The van der Waals surface area contributed by atoms with E-state index in [1.54, 1.807) is 38.1 Å². The largest absolute Gasteiger partial charge is 0.455 e. The SMILES string of the molecule is CCCCCCCCCc1ccccc1OC(C)OC(=O)c1ccccc1C(=O)OC(C)Oc1ccccc1CCCCCCCCC. The van der Waals surface area contributed by atoms with Crippen LogP contribution in [0.2, 0.25) is 0 Å². The van der Waals surface area contributed by atoms with Crippen LogP contribution in [0.4, 0.5) is 0 Å². The Morgan fingerprint density at radius 2 is 0.812 bits per heavy atom. The Labute approximate surface area is 289 Å². The van der Waals surface area contributed by atoms with Gasteiger partial charge in [0, 0.05) is 13.8 Å². The summed E-state index contributed by atoms with van der Waals surface area (Å²) in [6, 6.07) is 22.3. The fourth-order valence-electron chi connectivity index (χ4n) is 5.87. The lowest BCUT2D eigenvalue weighted by Gasteiger charge is -2.20. The van der Waals surface area contributed by atoms with Gasteiger partial charge in [-0.1, -0.05) is 139 Å². The minimum Gasteiger partial charge on any atom is -0.455 e. The van der Waals surface area contributed by atoms with Gasteiger partial charge >= 0.3 is 11.9 Å². The number of esters is 2. The molecule has 0 amide bonds. The van der Waals surface area contributed by atoms with Gasteiger partial charge in [-0.25, -0.2) is 9.59 Å². The third-order valence-electron chi connectivity index (χ3n) is 8.54. The van der Waals surface area contributed by atoms with E-state index in [4.69, 9.17) is 18.9 Å². The minimum atomic E-state index is -0.855. The molecule has 3 rings (SSSR count). The number of hydrogen-bond donors (Lipinski definition) is 0. The molecule has 0 bridgehead atoms. The molecule has 3 aromatic carbocycles. The van der Waals surface area contributed by atoms with Crippen molar-refractivity contribution in [1.82, 2.24) is 0 Å². The molecule has 0 aromatic heterocycles. The summed E-state index contributed by atoms with van der Waals surface area (Å²) in [5, 5.41) is 0. The second-order valence-corrected chi connectivity index (χ2v) is 12.7. The van der Waals surface area contributed by atoms with Gasteiger partial charge in [0.05, 0.1) is 11.1 Å². The van der Waals surface area contributed by atoms with Crippen molar-refractivity contribution in [3.8, 4) is 11.5 Å². The highest BCUT2D eigenvalue weighted by molar-refractivity contribution is 6.03. The number of hydrogen-bond acceptors (Lipinski definition) is 6. The Hall–Kier alpha value is -3.80. The maximum absolute atomic E-state index is 13.3. The Bertz CT molecular complexity index is 1250. The average Bonchev–Trinajstić information content (AvgIpc) is 3.08. The summed E-state index contributed by atoms with van der Waals surface area (Å²) in [6.07, 6.45) is 17.4. The first-order valence-electron chi connectivity index (χ1n) is 18.4. The van der Waals surface area contributed by atoms with Crippen molar-refractivity contribution in [3.63, 3.8) is 0 Å². The standard InChI is InChI=1S/C42H58O6/c1-5-7-9-11-13-15-17-25-35-27-19-23-31-39(35)45-33(3)47-41(43)37-29-21-22-30-38(37)42(44)48-34(4)46-40-32-24-20-28-36(40)26-18-16-14-12-10-8-6-2/h19-24,27-34H,5-18,25-26H2,1-4H3. The predicted molar refractivity (Wildman–Crippen MR) is 194 cm³/mol. The molecule has 262 valence electrons. The van der Waals surface area contributed by atoms with Crippen LogP contribution in [0.3, 0.4) is 0 Å². The van der Waals surface area contributed by atoms with Crippen LogP contribution < -0.4 is 9.47 Å². The van der Waals surface area contributed by atoms with Crippen molar-refractivity contribution in [2.75, 3.05) is 0 Å². The Morgan fingerprint density at radius 3 is 1.21 bits per heavy atom. The molecular formula is C42H58O6. The van der Waals surface area contributed by atoms with Crippen molar-refractivity contribution < 1.29 is 28.5 Å². The molecule has 0 saturated carbocycles. The van der Waals surface area contributed by atoms with Crippen LogP contribution in [-0.4, -0.2) is 24.5 Å². The summed E-state index contributed by atoms with van der Waals surface area (Å²) < 4.78 is 23.4. The third-order valence-corrected chi connectivity index (χ3v) is 8.54. The first-order chi connectivity index (χ1) is 23.4. The summed E-state index contributed by atoms with van der Waals surface area (Å²) in [7, 11) is 0. The van der Waals surface area contributed by atoms with E-state index < -0.39 is 24.5 Å². The van der Waals surface area contributed by atoms with E-state index in [1.807, 2.05) is 36.4 Å². The van der Waals surface area contributed by atoms with E-state index in [9.17, 15) is 9.59 Å². The zero-order chi connectivity index (χ0) is 34.4. The summed E-state index contributed by atoms with van der Waals surface area (Å²) in [5.41, 5.74) is 2.41. The molecule has 0 saturated heterocycles. The van der Waals surface area contributed by atoms with Gasteiger partial charge in [-0.05, 0) is 61.1 Å². The lowest BCUT2D eigenvalue weighted by molar-refractivity contribution is -0.0414. The molecule has 0 aliphatic carbocycles. The van der Waals surface area contributed by atoms with Gasteiger partial charge in [-0.3, -0.25) is 0 Å². The van der Waals surface area contributed by atoms with Crippen LogP contribution in [0.5, 0.6) is 11.5 Å². The first-order valence-corrected chi connectivity index (χ1v) is 18.4. The van der Waals surface area contributed by atoms with E-state index in [-0.39, 0.29) is 11.1 Å². The molecule has 48 heavy (non-hydrogen) atoms. The zero-order valence-electron chi connectivity index (χ0n) is 29.8. The number of para-hydroxylation sites is 2. The van der Waals surface area contributed by atoms with Gasteiger partial charge in [0.25, 0.3) is 0 Å². The second kappa shape index (κ2) is 22.7. The molecule has 0 aliphatic heterocycles. The first kappa shape index (κ1) is 38.6. The van der Waals surface area contributed by atoms with E-state index in [2.05, 4.69) is 26.0 Å². The van der Waals surface area contributed by atoms with Crippen LogP contribution in [0, 0.1) is 0 Å². The van der Waals surface area contributed by atoms with E-state index in [0.717, 1.165) is 36.8 Å². The third kappa shape index (κ3) is 14.1. The summed E-state index contributed by atoms with van der Waals surface area (Å²) >= 11 is 0. The van der Waals surface area contributed by atoms with Gasteiger partial charge < -0.3 is 18.9 Å². The van der Waals surface area contributed by atoms with Crippen molar-refractivity contribution in [2.24, 2.45) is 0 Å². The van der Waals surface area contributed by atoms with E-state index in [0.29, 0.717) is 11.5 Å². The van der Waals surface area contributed by atoms with E-state index in [1.165, 1.54) is 77.0 Å². The van der Waals surface area contributed by atoms with Gasteiger partial charge in [0.1, 0.15) is 11.5 Å². The fraction of sp³-hybridized carbons (Fsp3) is 0.524. The lowest BCUT2D eigenvalue weighted by atomic mass is 10.0. The van der Waals surface area contributed by atoms with Gasteiger partial charge in [0.15, 0.2) is 0 Å². The summed E-state index contributed by atoms with van der Waals surface area (Å²) in [5.74, 6) is 0.0888. The highest BCUT2D eigenvalue weighted by Gasteiger charge is 2.23. The fourth-order valence-corrected chi connectivity index (χ4v) is 5.87. The van der Waals surface area contributed by atoms with Crippen LogP contribution in [-0.2, 0) is 22.3 Å². The lowest BCUT2D eigenvalue weighted by Crippen LogP contribution is -2.25. The number of ether oxygens (including phenoxy) is 4. The molecule has 2 atom stereocenters. The van der Waals surface area contributed by atoms with Crippen LogP contribution >= 0.6 is 0 Å². The van der Waals surface area contributed by atoms with E-state index >= 15 is 0 Å². The van der Waals surface area contributed by atoms with Crippen molar-refractivity contribution in [1.29, 1.82) is 0 Å². The van der Waals surface area contributed by atoms with Gasteiger partial charge in [0.2, 0.25) is 12.6 Å². The number of benzene rings is 3. The van der Waals surface area contributed by atoms with Crippen LogP contribution in [0.15, 0.2) is 72.8 Å². The Balaban J connectivity index is 1.52. The molecular weight excluding hydrogens is 600 g/mol. The molecule has 6 heteroatoms. The molecule has 0 radical (unpaired) electrons. The predicted octanol–water partition coefficient (Wildman–Crippen LogP) is 11.4. The maximum Gasteiger partial charge on any atom is 0.342 e. The normalized spacial score (nSPS) is 12.2. The highest BCUT2D eigenvalue weighted by atomic mass is 16.7. The van der Waals surface area contributed by atoms with Crippen molar-refractivity contribution in [3.05, 3.63) is 95.1 Å². The number of rotatable bonds is 24. The number of carbonyl (C=O) groups excluding carboxylic acids is 2. The van der Waals surface area contributed by atoms with Gasteiger partial charge in [-0.15, -0.1) is 0 Å². The molecule has 0 fully saturated rings. The monoisotopic (exact) mass is 658 g/mol. The molecule has 0 spiro atoms. The minimum absolute atomic E-state index is 0.112. The number of aryl methyl sites for hydroxylation is 2. The molecule has 0 aliphatic rings. The molecule has 0 N–H and O–H groups in total. The zero-order valence-corrected chi connectivity index (χ0v) is 29.8. The van der Waals surface area contributed by atoms with Crippen LogP contribution in [0.25, 0.3) is 0 Å². The quantitative estimate of drug-likeness (QED) is 0.0542. The van der Waals surface area contributed by atoms with Crippen molar-refractivity contribution in [2.45, 2.75) is 143 Å². The van der Waals surface area contributed by atoms with Crippen LogP contribution in [0.1, 0.15) is 149 Å². The molecule has 0 heterocycles. The number of unbranched alkanes of at least 4 members (excludes halogenated alkanes) is 12. The maximum atomic E-state index is 13.3. The summed E-state index contributed by atoms with van der Waals surface area (Å²) in [6.45, 7) is 7.84. The molecule has 6 nitrogen and oxygen atoms in total. The second-order valence-electron chi connectivity index (χ2n) is 12.7. The average molecular weight is 659 g/mol. The number of carbonyl (C=O) groups is 2. The topological polar surface area (TPSA) is 71.1 Å².